The van der Waals surface area contributed by atoms with Crippen LogP contribution in [0.1, 0.15) is 35.7 Å². The van der Waals surface area contributed by atoms with Crippen molar-refractivity contribution in [1.82, 2.24) is 14.6 Å². The zero-order valence-electron chi connectivity index (χ0n) is 21.2. The summed E-state index contributed by atoms with van der Waals surface area (Å²) in [4.78, 5) is 26.7. The number of pyridine rings is 1. The molecule has 4 rings (SSSR count). The van der Waals surface area contributed by atoms with Crippen molar-refractivity contribution >= 4 is 67.5 Å². The summed E-state index contributed by atoms with van der Waals surface area (Å²) in [5.41, 5.74) is -0.351. The lowest BCUT2D eigenvalue weighted by Gasteiger charge is -2.22. The predicted molar refractivity (Wildman–Crippen MR) is 157 cm³/mol. The van der Waals surface area contributed by atoms with Crippen LogP contribution in [0, 0.1) is 16.3 Å². The third-order valence-electron chi connectivity index (χ3n) is 5.84. The molecule has 1 aromatic heterocycles. The standard InChI is InChI=1S/C25H26ClFIN5O5S/c1-4-29-39(36,37)32-18-6-5-7-19(21(18)26)38-22-13(2)25(35)33(3)23(20(22)24(34)30-15-9-10-15)31-17-11-8-14(28)12-16(17)27/h5-8,11-12,15,29,31-32H,4,9-10H2,1-3H3,(H,30,34). The summed E-state index contributed by atoms with van der Waals surface area (Å²) in [6.07, 6.45) is 1.61. The van der Waals surface area contributed by atoms with Crippen molar-refractivity contribution in [2.75, 3.05) is 16.6 Å². The molecule has 0 aliphatic heterocycles. The van der Waals surface area contributed by atoms with Gasteiger partial charge in [-0.15, -0.1) is 0 Å². The maximum absolute atomic E-state index is 14.8. The average molecular weight is 690 g/mol. The van der Waals surface area contributed by atoms with Gasteiger partial charge in [-0.1, -0.05) is 24.6 Å². The first-order valence-electron chi connectivity index (χ1n) is 11.9. The number of nitrogens with zero attached hydrogens (tertiary/aromatic N) is 1. The van der Waals surface area contributed by atoms with Crippen LogP contribution < -0.4 is 30.4 Å². The molecule has 1 heterocycles. The Kier molecular flexibility index (Phi) is 8.73. The third kappa shape index (κ3) is 6.65. The Hall–Kier alpha value is -2.88. The van der Waals surface area contributed by atoms with Gasteiger partial charge >= 0.3 is 0 Å². The zero-order chi connectivity index (χ0) is 28.5. The minimum Gasteiger partial charge on any atom is -0.454 e. The van der Waals surface area contributed by atoms with Gasteiger partial charge < -0.3 is 15.4 Å². The predicted octanol–water partition coefficient (Wildman–Crippen LogP) is 4.79. The number of hydrogen-bond donors (Lipinski definition) is 4. The number of benzene rings is 2. The number of rotatable bonds is 10. The third-order valence-corrected chi connectivity index (χ3v) is 8.06. The van der Waals surface area contributed by atoms with Gasteiger partial charge in [-0.3, -0.25) is 18.9 Å². The van der Waals surface area contributed by atoms with E-state index in [0.29, 0.717) is 3.57 Å². The molecule has 39 heavy (non-hydrogen) atoms. The second-order valence-electron chi connectivity index (χ2n) is 8.86. The van der Waals surface area contributed by atoms with E-state index in [2.05, 4.69) is 20.1 Å². The summed E-state index contributed by atoms with van der Waals surface area (Å²) in [5.74, 6) is -1.19. The van der Waals surface area contributed by atoms with Gasteiger partial charge in [0.25, 0.3) is 21.7 Å². The molecule has 208 valence electrons. The van der Waals surface area contributed by atoms with E-state index >= 15 is 0 Å². The summed E-state index contributed by atoms with van der Waals surface area (Å²) in [6, 6.07) is 8.88. The minimum atomic E-state index is -3.90. The van der Waals surface area contributed by atoms with Crippen LogP contribution in [0.2, 0.25) is 5.02 Å². The zero-order valence-corrected chi connectivity index (χ0v) is 24.9. The normalized spacial score (nSPS) is 13.2. The van der Waals surface area contributed by atoms with E-state index in [1.54, 1.807) is 13.0 Å². The van der Waals surface area contributed by atoms with Gasteiger partial charge in [-0.05, 0) is 72.7 Å². The summed E-state index contributed by atoms with van der Waals surface area (Å²) >= 11 is 8.47. The molecule has 0 spiro atoms. The topological polar surface area (TPSA) is 131 Å². The van der Waals surface area contributed by atoms with Crippen LogP contribution in [-0.4, -0.2) is 31.5 Å². The van der Waals surface area contributed by atoms with Crippen molar-refractivity contribution in [2.24, 2.45) is 7.05 Å². The molecular formula is C25H26ClFIN5O5S. The molecule has 0 unspecified atom stereocenters. The van der Waals surface area contributed by atoms with E-state index in [1.165, 1.54) is 48.9 Å². The summed E-state index contributed by atoms with van der Waals surface area (Å²) in [7, 11) is -2.44. The average Bonchev–Trinajstić information content (AvgIpc) is 3.68. The molecule has 1 aliphatic rings. The molecule has 0 atom stereocenters. The van der Waals surface area contributed by atoms with E-state index in [1.807, 2.05) is 22.6 Å². The molecule has 1 saturated carbocycles. The van der Waals surface area contributed by atoms with Gasteiger partial charge in [0.1, 0.15) is 28.0 Å². The highest BCUT2D eigenvalue weighted by molar-refractivity contribution is 14.1. The van der Waals surface area contributed by atoms with Crippen molar-refractivity contribution in [3.63, 3.8) is 0 Å². The molecule has 1 aliphatic carbocycles. The van der Waals surface area contributed by atoms with Crippen LogP contribution in [0.25, 0.3) is 0 Å². The van der Waals surface area contributed by atoms with E-state index in [-0.39, 0.29) is 57.4 Å². The fourth-order valence-electron chi connectivity index (χ4n) is 3.75. The lowest BCUT2D eigenvalue weighted by molar-refractivity contribution is 0.0948. The monoisotopic (exact) mass is 689 g/mol. The molecule has 3 aromatic rings. The number of ether oxygens (including phenoxy) is 1. The second-order valence-corrected chi connectivity index (χ2v) is 12.0. The largest absolute Gasteiger partial charge is 0.454 e. The van der Waals surface area contributed by atoms with Gasteiger partial charge in [0.15, 0.2) is 5.75 Å². The lowest BCUT2D eigenvalue weighted by Crippen LogP contribution is -2.32. The molecule has 1 amide bonds. The highest BCUT2D eigenvalue weighted by Gasteiger charge is 2.31. The molecule has 0 radical (unpaired) electrons. The molecule has 1 fully saturated rings. The molecule has 0 bridgehead atoms. The molecule has 10 nitrogen and oxygen atoms in total. The SMILES string of the molecule is CCNS(=O)(=O)Nc1cccc(Oc2c(C(=O)NC3CC3)c(Nc3ccc(I)cc3F)n(C)c(=O)c2C)c1Cl. The number of nitrogens with one attached hydrogen (secondary N) is 4. The van der Waals surface area contributed by atoms with E-state index in [4.69, 9.17) is 16.3 Å². The van der Waals surface area contributed by atoms with Gasteiger partial charge in [0.05, 0.1) is 16.9 Å². The number of halogens is 3. The van der Waals surface area contributed by atoms with Crippen molar-refractivity contribution in [1.29, 1.82) is 0 Å². The van der Waals surface area contributed by atoms with Gasteiger partial charge in [-0.25, -0.2) is 4.39 Å². The maximum Gasteiger partial charge on any atom is 0.299 e. The van der Waals surface area contributed by atoms with Crippen LogP contribution in [0.5, 0.6) is 11.5 Å². The highest BCUT2D eigenvalue weighted by Crippen LogP contribution is 2.39. The van der Waals surface area contributed by atoms with Crippen LogP contribution in [0.4, 0.5) is 21.6 Å². The lowest BCUT2D eigenvalue weighted by atomic mass is 10.1. The first-order chi connectivity index (χ1) is 18.4. The van der Waals surface area contributed by atoms with E-state index in [9.17, 15) is 22.4 Å². The van der Waals surface area contributed by atoms with Crippen molar-refractivity contribution in [3.8, 4) is 11.5 Å². The maximum atomic E-state index is 14.8. The van der Waals surface area contributed by atoms with Crippen LogP contribution >= 0.6 is 34.2 Å². The fourth-order valence-corrected chi connectivity index (χ4v) is 5.38. The van der Waals surface area contributed by atoms with E-state index in [0.717, 1.165) is 12.8 Å². The van der Waals surface area contributed by atoms with Gasteiger partial charge in [-0.2, -0.15) is 13.1 Å². The molecule has 4 N–H and O–H groups in total. The fraction of sp³-hybridized carbons (Fsp3) is 0.280. The number of amides is 1. The summed E-state index contributed by atoms with van der Waals surface area (Å²) < 4.78 is 51.8. The first-order valence-corrected chi connectivity index (χ1v) is 14.9. The van der Waals surface area contributed by atoms with Crippen molar-refractivity contribution < 1.29 is 22.3 Å². The molecule has 14 heteroatoms. The van der Waals surface area contributed by atoms with Crippen molar-refractivity contribution in [3.05, 3.63) is 72.3 Å². The Morgan fingerprint density at radius 3 is 2.59 bits per heavy atom. The number of anilines is 3. The minimum absolute atomic E-state index is 0.00316. The highest BCUT2D eigenvalue weighted by atomic mass is 127. The summed E-state index contributed by atoms with van der Waals surface area (Å²) in [5, 5.41) is 5.68. The van der Waals surface area contributed by atoms with Crippen LogP contribution in [-0.2, 0) is 17.3 Å². The number of carbonyl (C=O) groups excluding carboxylic acids is 1. The van der Waals surface area contributed by atoms with Gasteiger partial charge in [0.2, 0.25) is 0 Å². The number of aromatic nitrogens is 1. The summed E-state index contributed by atoms with van der Waals surface area (Å²) in [6.45, 7) is 3.28. The Morgan fingerprint density at radius 1 is 1.23 bits per heavy atom. The van der Waals surface area contributed by atoms with E-state index < -0.39 is 27.5 Å². The Balaban J connectivity index is 1.85. The molecule has 0 saturated heterocycles. The number of carbonyl (C=O) groups is 1. The second kappa shape index (κ2) is 11.7. The Labute approximate surface area is 243 Å². The van der Waals surface area contributed by atoms with Gasteiger partial charge in [0, 0.05) is 23.2 Å². The van der Waals surface area contributed by atoms with Crippen LogP contribution in [0.3, 0.4) is 0 Å². The number of hydrogen-bond acceptors (Lipinski definition) is 6. The molecular weight excluding hydrogens is 664 g/mol. The quantitative estimate of drug-likeness (QED) is 0.227. The smallest absolute Gasteiger partial charge is 0.299 e. The van der Waals surface area contributed by atoms with Crippen LogP contribution in [0.15, 0.2) is 41.2 Å². The Bertz CT molecular complexity index is 1610. The molecule has 2 aromatic carbocycles. The Morgan fingerprint density at radius 2 is 1.95 bits per heavy atom. The first kappa shape index (κ1) is 29.1. The van der Waals surface area contributed by atoms with Crippen molar-refractivity contribution in [2.45, 2.75) is 32.7 Å².